The Morgan fingerprint density at radius 2 is 2.38 bits per heavy atom. The summed E-state index contributed by atoms with van der Waals surface area (Å²) in [6.07, 6.45) is 1.62. The van der Waals surface area contributed by atoms with Crippen molar-refractivity contribution >= 4 is 11.9 Å². The molecule has 0 saturated carbocycles. The van der Waals surface area contributed by atoms with Gasteiger partial charge in [-0.1, -0.05) is 0 Å². The minimum Gasteiger partial charge on any atom is -0.480 e. The molecule has 0 aliphatic heterocycles. The molecule has 0 aliphatic carbocycles. The monoisotopic (exact) mass is 182 g/mol. The van der Waals surface area contributed by atoms with Crippen LogP contribution in [0.25, 0.3) is 0 Å². The van der Waals surface area contributed by atoms with Gasteiger partial charge in [-0.15, -0.1) is 0 Å². The van der Waals surface area contributed by atoms with Crippen molar-refractivity contribution in [2.24, 2.45) is 5.73 Å². The quantitative estimate of drug-likeness (QED) is 0.553. The molecule has 1 rings (SSSR count). The van der Waals surface area contributed by atoms with Crippen LogP contribution in [0, 0.1) is 0 Å². The Labute approximate surface area is 74.6 Å². The van der Waals surface area contributed by atoms with Crippen molar-refractivity contribution in [2.75, 3.05) is 5.73 Å². The van der Waals surface area contributed by atoms with Gasteiger partial charge in [0.1, 0.15) is 6.04 Å². The molecule has 13 heavy (non-hydrogen) atoms. The highest BCUT2D eigenvalue weighted by Gasteiger charge is 2.12. The van der Waals surface area contributed by atoms with Crippen LogP contribution in [0.15, 0.2) is 12.3 Å². The fourth-order valence-corrected chi connectivity index (χ4v) is 0.839. The molecule has 0 aliphatic rings. The van der Waals surface area contributed by atoms with E-state index in [4.69, 9.17) is 16.6 Å². The Hall–Kier alpha value is -1.69. The standard InChI is InChI=1S/C7H10N4O2/c8-5(6(12)13)3-4-1-2-10-7(9)11-4/h1-2,5H,3,8H2,(H,12,13)(H2,9,10,11)/t5-/m1/s1. The lowest BCUT2D eigenvalue weighted by Crippen LogP contribution is -2.32. The first-order valence-corrected chi connectivity index (χ1v) is 3.65. The van der Waals surface area contributed by atoms with Crippen LogP contribution in [0.5, 0.6) is 0 Å². The summed E-state index contributed by atoms with van der Waals surface area (Å²) < 4.78 is 0. The topological polar surface area (TPSA) is 115 Å². The summed E-state index contributed by atoms with van der Waals surface area (Å²) in [6, 6.07) is 0.633. The van der Waals surface area contributed by atoms with Crippen LogP contribution in [0.1, 0.15) is 5.69 Å². The second-order valence-electron chi connectivity index (χ2n) is 2.56. The molecule has 1 heterocycles. The van der Waals surface area contributed by atoms with Crippen molar-refractivity contribution in [3.8, 4) is 0 Å². The second kappa shape index (κ2) is 3.81. The van der Waals surface area contributed by atoms with E-state index in [0.717, 1.165) is 0 Å². The normalized spacial score (nSPS) is 12.4. The van der Waals surface area contributed by atoms with E-state index in [1.165, 1.54) is 6.20 Å². The molecule has 0 radical (unpaired) electrons. The average molecular weight is 182 g/mol. The zero-order chi connectivity index (χ0) is 9.84. The number of carbonyl (C=O) groups is 1. The molecule has 0 fully saturated rings. The second-order valence-corrected chi connectivity index (χ2v) is 2.56. The number of nitrogen functional groups attached to an aromatic ring is 1. The maximum Gasteiger partial charge on any atom is 0.320 e. The van der Waals surface area contributed by atoms with E-state index in [-0.39, 0.29) is 12.4 Å². The van der Waals surface area contributed by atoms with Crippen molar-refractivity contribution in [3.63, 3.8) is 0 Å². The minimum atomic E-state index is -1.06. The van der Waals surface area contributed by atoms with Crippen molar-refractivity contribution in [1.29, 1.82) is 0 Å². The van der Waals surface area contributed by atoms with Crippen molar-refractivity contribution < 1.29 is 9.90 Å². The fraction of sp³-hybridized carbons (Fsp3) is 0.286. The van der Waals surface area contributed by atoms with Crippen LogP contribution in [-0.4, -0.2) is 27.1 Å². The van der Waals surface area contributed by atoms with E-state index < -0.39 is 12.0 Å². The van der Waals surface area contributed by atoms with Gasteiger partial charge in [-0.2, -0.15) is 0 Å². The molecule has 0 saturated heterocycles. The number of hydrogen-bond donors (Lipinski definition) is 3. The van der Waals surface area contributed by atoms with E-state index in [1.807, 2.05) is 0 Å². The number of hydrogen-bond acceptors (Lipinski definition) is 5. The van der Waals surface area contributed by atoms with Gasteiger partial charge in [-0.3, -0.25) is 4.79 Å². The molecule has 0 bridgehead atoms. The summed E-state index contributed by atoms with van der Waals surface area (Å²) in [7, 11) is 0. The third kappa shape index (κ3) is 2.68. The third-order valence-electron chi connectivity index (χ3n) is 1.48. The first-order valence-electron chi connectivity index (χ1n) is 3.65. The predicted octanol–water partition coefficient (Wildman–Crippen LogP) is -0.987. The molecule has 6 heteroatoms. The van der Waals surface area contributed by atoms with Gasteiger partial charge >= 0.3 is 5.97 Å². The van der Waals surface area contributed by atoms with Gasteiger partial charge in [0.15, 0.2) is 0 Å². The molecular formula is C7H10N4O2. The summed E-state index contributed by atoms with van der Waals surface area (Å²) in [5.41, 5.74) is 11.1. The average Bonchev–Trinajstić information content (AvgIpc) is 2.04. The first-order chi connectivity index (χ1) is 6.09. The fourth-order valence-electron chi connectivity index (χ4n) is 0.839. The first kappa shape index (κ1) is 9.40. The van der Waals surface area contributed by atoms with Gasteiger partial charge in [0.05, 0.1) is 0 Å². The van der Waals surface area contributed by atoms with Gasteiger partial charge in [0.2, 0.25) is 5.95 Å². The maximum absolute atomic E-state index is 10.4. The largest absolute Gasteiger partial charge is 0.480 e. The van der Waals surface area contributed by atoms with Gasteiger partial charge in [0, 0.05) is 18.3 Å². The van der Waals surface area contributed by atoms with E-state index in [1.54, 1.807) is 6.07 Å². The zero-order valence-electron chi connectivity index (χ0n) is 6.84. The Morgan fingerprint density at radius 1 is 1.69 bits per heavy atom. The van der Waals surface area contributed by atoms with Crippen LogP contribution in [0.2, 0.25) is 0 Å². The van der Waals surface area contributed by atoms with E-state index in [0.29, 0.717) is 5.69 Å². The zero-order valence-corrected chi connectivity index (χ0v) is 6.84. The predicted molar refractivity (Wildman–Crippen MR) is 45.8 cm³/mol. The summed E-state index contributed by atoms with van der Waals surface area (Å²) in [6.45, 7) is 0. The van der Waals surface area contributed by atoms with Crippen LogP contribution in [0.3, 0.4) is 0 Å². The molecule has 0 amide bonds. The number of carboxylic acid groups (broad SMARTS) is 1. The van der Waals surface area contributed by atoms with E-state index in [9.17, 15) is 4.79 Å². The van der Waals surface area contributed by atoms with Gasteiger partial charge in [-0.05, 0) is 6.07 Å². The Morgan fingerprint density at radius 3 is 2.92 bits per heavy atom. The molecule has 70 valence electrons. The van der Waals surface area contributed by atoms with Gasteiger partial charge < -0.3 is 16.6 Å². The van der Waals surface area contributed by atoms with Crippen LogP contribution >= 0.6 is 0 Å². The molecule has 0 spiro atoms. The lowest BCUT2D eigenvalue weighted by atomic mass is 10.2. The van der Waals surface area contributed by atoms with Crippen LogP contribution in [-0.2, 0) is 11.2 Å². The Balaban J connectivity index is 2.69. The summed E-state index contributed by atoms with van der Waals surface area (Å²) >= 11 is 0. The molecule has 1 atom stereocenters. The van der Waals surface area contributed by atoms with Crippen LogP contribution in [0.4, 0.5) is 5.95 Å². The van der Waals surface area contributed by atoms with Gasteiger partial charge in [0.25, 0.3) is 0 Å². The Bertz CT molecular complexity index is 315. The number of rotatable bonds is 3. The molecule has 6 nitrogen and oxygen atoms in total. The highest BCUT2D eigenvalue weighted by Crippen LogP contribution is 1.99. The van der Waals surface area contributed by atoms with E-state index >= 15 is 0 Å². The number of nitrogens with zero attached hydrogens (tertiary/aromatic N) is 2. The van der Waals surface area contributed by atoms with Crippen molar-refractivity contribution in [3.05, 3.63) is 18.0 Å². The summed E-state index contributed by atoms with van der Waals surface area (Å²) in [4.78, 5) is 17.9. The van der Waals surface area contributed by atoms with Crippen molar-refractivity contribution in [2.45, 2.75) is 12.5 Å². The lowest BCUT2D eigenvalue weighted by Gasteiger charge is -2.04. The number of aliphatic carboxylic acids is 1. The maximum atomic E-state index is 10.4. The van der Waals surface area contributed by atoms with Crippen LogP contribution < -0.4 is 11.5 Å². The summed E-state index contributed by atoms with van der Waals surface area (Å²) in [5.74, 6) is -0.938. The molecule has 5 N–H and O–H groups in total. The molecule has 1 aromatic heterocycles. The smallest absolute Gasteiger partial charge is 0.320 e. The highest BCUT2D eigenvalue weighted by atomic mass is 16.4. The lowest BCUT2D eigenvalue weighted by molar-refractivity contribution is -0.138. The minimum absolute atomic E-state index is 0.120. The van der Waals surface area contributed by atoms with Gasteiger partial charge in [-0.25, -0.2) is 9.97 Å². The number of carboxylic acids is 1. The molecule has 0 unspecified atom stereocenters. The molecule has 0 aromatic carbocycles. The SMILES string of the molecule is Nc1nccc(C[C@@H](N)C(=O)O)n1. The third-order valence-corrected chi connectivity index (χ3v) is 1.48. The number of aromatic nitrogens is 2. The van der Waals surface area contributed by atoms with E-state index in [2.05, 4.69) is 9.97 Å². The summed E-state index contributed by atoms with van der Waals surface area (Å²) in [5, 5.41) is 8.51. The molecule has 1 aromatic rings. The Kier molecular flexibility index (Phi) is 2.76. The van der Waals surface area contributed by atoms with Crippen molar-refractivity contribution in [1.82, 2.24) is 9.97 Å². The number of nitrogens with two attached hydrogens (primary N) is 2. The number of anilines is 1. The molecular weight excluding hydrogens is 172 g/mol. The highest BCUT2D eigenvalue weighted by molar-refractivity contribution is 5.73.